The van der Waals surface area contributed by atoms with Crippen LogP contribution in [0.15, 0.2) is 54.7 Å². The van der Waals surface area contributed by atoms with Gasteiger partial charge in [0.25, 0.3) is 5.91 Å². The van der Waals surface area contributed by atoms with Gasteiger partial charge in [-0.3, -0.25) is 15.4 Å². The number of nitrogens with zero attached hydrogens (tertiary/aromatic N) is 1. The standard InChI is InChI=1S/C21H14F5N3O2/c1-11-8-17(27-10-14(11)12-4-2-5-13(9-12)21(24,25)26)28-20(31)29-19(30)18-15(22)6-3-7-16(18)23/h2-10H,1H3,(H2,27,28,29,30,31). The maximum Gasteiger partial charge on any atom is 0.416 e. The van der Waals surface area contributed by atoms with E-state index in [9.17, 15) is 31.5 Å². The predicted octanol–water partition coefficient (Wildman–Crippen LogP) is 5.32. The molecule has 1 aromatic heterocycles. The van der Waals surface area contributed by atoms with Gasteiger partial charge in [0, 0.05) is 11.8 Å². The average molecular weight is 435 g/mol. The van der Waals surface area contributed by atoms with Crippen LogP contribution in [0.1, 0.15) is 21.5 Å². The number of aromatic nitrogens is 1. The SMILES string of the molecule is Cc1cc(NC(=O)NC(=O)c2c(F)cccc2F)ncc1-c1cccc(C(F)(F)F)c1. The van der Waals surface area contributed by atoms with E-state index in [1.54, 1.807) is 12.2 Å². The molecular formula is C21H14F5N3O2. The summed E-state index contributed by atoms with van der Waals surface area (Å²) in [5.74, 6) is -3.58. The number of aryl methyl sites for hydroxylation is 1. The van der Waals surface area contributed by atoms with Crippen LogP contribution in [-0.4, -0.2) is 16.9 Å². The Labute approximate surface area is 172 Å². The Kier molecular flexibility index (Phi) is 6.00. The molecule has 0 unspecified atom stereocenters. The van der Waals surface area contributed by atoms with Crippen molar-refractivity contribution in [3.63, 3.8) is 0 Å². The second kappa shape index (κ2) is 8.50. The maximum absolute atomic E-state index is 13.6. The molecule has 0 saturated carbocycles. The third-order valence-corrected chi connectivity index (χ3v) is 4.27. The minimum atomic E-state index is -4.50. The largest absolute Gasteiger partial charge is 0.416 e. The number of alkyl halides is 3. The number of carbonyl (C=O) groups excluding carboxylic acids is 2. The molecule has 10 heteroatoms. The molecule has 0 spiro atoms. The number of carbonyl (C=O) groups is 2. The number of rotatable bonds is 3. The molecule has 0 fully saturated rings. The highest BCUT2D eigenvalue weighted by Gasteiger charge is 2.30. The molecule has 0 saturated heterocycles. The quantitative estimate of drug-likeness (QED) is 0.548. The first kappa shape index (κ1) is 21.9. The van der Waals surface area contributed by atoms with Crippen molar-refractivity contribution in [3.05, 3.63) is 83.1 Å². The highest BCUT2D eigenvalue weighted by Crippen LogP contribution is 2.33. The van der Waals surface area contributed by atoms with Crippen molar-refractivity contribution in [2.45, 2.75) is 13.1 Å². The van der Waals surface area contributed by atoms with E-state index in [0.717, 1.165) is 30.3 Å². The van der Waals surface area contributed by atoms with Crippen LogP contribution in [0.5, 0.6) is 0 Å². The molecule has 0 aliphatic heterocycles. The summed E-state index contributed by atoms with van der Waals surface area (Å²) in [7, 11) is 0. The summed E-state index contributed by atoms with van der Waals surface area (Å²) in [6.45, 7) is 1.60. The molecule has 31 heavy (non-hydrogen) atoms. The summed E-state index contributed by atoms with van der Waals surface area (Å²) in [5.41, 5.74) is -0.551. The topological polar surface area (TPSA) is 71.1 Å². The van der Waals surface area contributed by atoms with E-state index in [-0.39, 0.29) is 11.4 Å². The van der Waals surface area contributed by atoms with Gasteiger partial charge in [-0.25, -0.2) is 18.6 Å². The van der Waals surface area contributed by atoms with Crippen molar-refractivity contribution in [3.8, 4) is 11.1 Å². The van der Waals surface area contributed by atoms with Gasteiger partial charge in [0.05, 0.1) is 5.56 Å². The summed E-state index contributed by atoms with van der Waals surface area (Å²) >= 11 is 0. The monoisotopic (exact) mass is 435 g/mol. The molecule has 0 atom stereocenters. The number of nitrogens with one attached hydrogen (secondary N) is 2. The maximum atomic E-state index is 13.6. The first-order valence-corrected chi connectivity index (χ1v) is 8.77. The molecule has 160 valence electrons. The van der Waals surface area contributed by atoms with Gasteiger partial charge in [-0.1, -0.05) is 18.2 Å². The average Bonchev–Trinajstić information content (AvgIpc) is 2.67. The van der Waals surface area contributed by atoms with E-state index >= 15 is 0 Å². The molecule has 0 radical (unpaired) electrons. The molecular weight excluding hydrogens is 421 g/mol. The molecule has 5 nitrogen and oxygen atoms in total. The molecule has 1 heterocycles. The molecule has 3 amide bonds. The van der Waals surface area contributed by atoms with Crippen LogP contribution in [-0.2, 0) is 6.18 Å². The highest BCUT2D eigenvalue weighted by molar-refractivity contribution is 6.08. The van der Waals surface area contributed by atoms with Crippen molar-refractivity contribution >= 4 is 17.8 Å². The Morgan fingerprint density at radius 2 is 1.61 bits per heavy atom. The zero-order valence-corrected chi connectivity index (χ0v) is 15.8. The summed E-state index contributed by atoms with van der Waals surface area (Å²) in [6.07, 6.45) is -3.24. The van der Waals surface area contributed by atoms with Gasteiger partial charge >= 0.3 is 12.2 Å². The van der Waals surface area contributed by atoms with Gasteiger partial charge in [0.2, 0.25) is 0 Å². The first-order valence-electron chi connectivity index (χ1n) is 8.77. The van der Waals surface area contributed by atoms with Crippen molar-refractivity contribution in [1.82, 2.24) is 10.3 Å². The summed E-state index contributed by atoms with van der Waals surface area (Å²) in [6, 6.07) is 7.77. The minimum Gasteiger partial charge on any atom is -0.292 e. The lowest BCUT2D eigenvalue weighted by Gasteiger charge is -2.12. The fourth-order valence-corrected chi connectivity index (χ4v) is 2.82. The normalized spacial score (nSPS) is 11.2. The van der Waals surface area contributed by atoms with E-state index in [1.807, 2.05) is 0 Å². The predicted molar refractivity (Wildman–Crippen MR) is 102 cm³/mol. The third kappa shape index (κ3) is 5.03. The van der Waals surface area contributed by atoms with E-state index in [4.69, 9.17) is 0 Å². The van der Waals surface area contributed by atoms with E-state index < -0.39 is 40.9 Å². The van der Waals surface area contributed by atoms with E-state index in [0.29, 0.717) is 11.1 Å². The first-order chi connectivity index (χ1) is 14.6. The Hall–Kier alpha value is -3.82. The molecule has 2 aromatic carbocycles. The Morgan fingerprint density at radius 1 is 0.968 bits per heavy atom. The summed E-state index contributed by atoms with van der Waals surface area (Å²) in [4.78, 5) is 27.9. The third-order valence-electron chi connectivity index (χ3n) is 4.27. The van der Waals surface area contributed by atoms with Crippen LogP contribution in [0, 0.1) is 18.6 Å². The molecule has 0 aliphatic carbocycles. The number of halogens is 5. The Bertz CT molecular complexity index is 1140. The summed E-state index contributed by atoms with van der Waals surface area (Å²) in [5, 5.41) is 4.01. The van der Waals surface area contributed by atoms with Crippen molar-refractivity contribution in [1.29, 1.82) is 0 Å². The van der Waals surface area contributed by atoms with E-state index in [2.05, 4.69) is 10.3 Å². The Morgan fingerprint density at radius 3 is 2.23 bits per heavy atom. The number of urea groups is 1. The number of imide groups is 1. The van der Waals surface area contributed by atoms with Crippen LogP contribution in [0.3, 0.4) is 0 Å². The lowest BCUT2D eigenvalue weighted by molar-refractivity contribution is -0.137. The minimum absolute atomic E-state index is 0.0208. The highest BCUT2D eigenvalue weighted by atomic mass is 19.4. The lowest BCUT2D eigenvalue weighted by Crippen LogP contribution is -2.35. The smallest absolute Gasteiger partial charge is 0.292 e. The van der Waals surface area contributed by atoms with Crippen LogP contribution < -0.4 is 10.6 Å². The van der Waals surface area contributed by atoms with Crippen molar-refractivity contribution in [2.75, 3.05) is 5.32 Å². The van der Waals surface area contributed by atoms with Crippen LogP contribution >= 0.6 is 0 Å². The molecule has 0 bridgehead atoms. The number of hydrogen-bond acceptors (Lipinski definition) is 3. The van der Waals surface area contributed by atoms with Gasteiger partial charge in [-0.05, 0) is 48.4 Å². The van der Waals surface area contributed by atoms with Gasteiger partial charge in [-0.15, -0.1) is 0 Å². The fraction of sp³-hybridized carbons (Fsp3) is 0.0952. The Balaban J connectivity index is 1.75. The molecule has 2 N–H and O–H groups in total. The van der Waals surface area contributed by atoms with Gasteiger partial charge in [0.1, 0.15) is 23.0 Å². The summed E-state index contributed by atoms with van der Waals surface area (Å²) < 4.78 is 66.0. The van der Waals surface area contributed by atoms with Gasteiger partial charge in [0.15, 0.2) is 0 Å². The number of pyridine rings is 1. The molecule has 0 aliphatic rings. The number of anilines is 1. The van der Waals surface area contributed by atoms with Gasteiger partial charge in [-0.2, -0.15) is 13.2 Å². The second-order valence-corrected chi connectivity index (χ2v) is 6.47. The number of benzene rings is 2. The fourth-order valence-electron chi connectivity index (χ4n) is 2.82. The number of amides is 3. The van der Waals surface area contributed by atoms with Crippen molar-refractivity contribution in [2.24, 2.45) is 0 Å². The zero-order chi connectivity index (χ0) is 22.8. The van der Waals surface area contributed by atoms with Crippen LogP contribution in [0.4, 0.5) is 32.6 Å². The van der Waals surface area contributed by atoms with Crippen molar-refractivity contribution < 1.29 is 31.5 Å². The van der Waals surface area contributed by atoms with Gasteiger partial charge < -0.3 is 0 Å². The lowest BCUT2D eigenvalue weighted by atomic mass is 10.0. The zero-order valence-electron chi connectivity index (χ0n) is 15.8. The number of hydrogen-bond donors (Lipinski definition) is 2. The second-order valence-electron chi connectivity index (χ2n) is 6.47. The molecule has 3 rings (SSSR count). The van der Waals surface area contributed by atoms with Crippen LogP contribution in [0.25, 0.3) is 11.1 Å². The van der Waals surface area contributed by atoms with Crippen LogP contribution in [0.2, 0.25) is 0 Å². The molecule has 3 aromatic rings. The van der Waals surface area contributed by atoms with E-state index in [1.165, 1.54) is 24.4 Å².